The second-order valence-electron chi connectivity index (χ2n) is 5.10. The van der Waals surface area contributed by atoms with Crippen LogP contribution in [0.5, 0.6) is 0 Å². The first-order valence-corrected chi connectivity index (χ1v) is 6.93. The molecule has 0 spiro atoms. The van der Waals surface area contributed by atoms with Crippen molar-refractivity contribution in [3.05, 3.63) is 78.1 Å². The normalized spacial score (nSPS) is 12.8. The number of aliphatic hydroxyl groups excluding tert-OH is 1. The molecule has 2 aromatic carbocycles. The van der Waals surface area contributed by atoms with Crippen molar-refractivity contribution in [2.24, 2.45) is 0 Å². The molecule has 0 bridgehead atoms. The van der Waals surface area contributed by atoms with Gasteiger partial charge >= 0.3 is 0 Å². The average Bonchev–Trinajstić information content (AvgIpc) is 2.94. The highest BCUT2D eigenvalue weighted by Gasteiger charge is 2.17. The lowest BCUT2D eigenvalue weighted by molar-refractivity contribution is 0.217. The number of nitrogens with zero attached hydrogens (tertiary/aromatic N) is 1. The van der Waals surface area contributed by atoms with Gasteiger partial charge in [-0.2, -0.15) is 0 Å². The van der Waals surface area contributed by atoms with Gasteiger partial charge in [0.15, 0.2) is 0 Å². The number of aromatic nitrogens is 2. The van der Waals surface area contributed by atoms with Crippen molar-refractivity contribution in [3.8, 4) is 0 Å². The predicted molar refractivity (Wildman–Crippen MR) is 84.1 cm³/mol. The quantitative estimate of drug-likeness (QED) is 0.584. The fourth-order valence-electron chi connectivity index (χ4n) is 2.80. The molecule has 0 aliphatic carbocycles. The van der Waals surface area contributed by atoms with Crippen LogP contribution in [0.3, 0.4) is 0 Å². The summed E-state index contributed by atoms with van der Waals surface area (Å²) < 4.78 is 0. The maximum atomic E-state index is 10.6. The zero-order valence-corrected chi connectivity index (χ0v) is 11.3. The largest absolute Gasteiger partial charge is 0.382 e. The summed E-state index contributed by atoms with van der Waals surface area (Å²) in [4.78, 5) is 7.77. The second kappa shape index (κ2) is 4.72. The number of hydrogen-bond donors (Lipinski definition) is 2. The van der Waals surface area contributed by atoms with E-state index in [9.17, 15) is 5.11 Å². The maximum absolute atomic E-state index is 10.6. The highest BCUT2D eigenvalue weighted by atomic mass is 16.3. The molecule has 4 rings (SSSR count). The number of nitrogens with one attached hydrogen (secondary N) is 1. The third kappa shape index (κ3) is 1.90. The van der Waals surface area contributed by atoms with Gasteiger partial charge in [-0.15, -0.1) is 0 Å². The van der Waals surface area contributed by atoms with Gasteiger partial charge in [0.2, 0.25) is 0 Å². The van der Waals surface area contributed by atoms with E-state index in [2.05, 4.69) is 16.0 Å². The molecule has 4 aromatic rings. The van der Waals surface area contributed by atoms with Crippen LogP contribution in [0.4, 0.5) is 0 Å². The Kier molecular flexibility index (Phi) is 2.72. The van der Waals surface area contributed by atoms with E-state index in [0.29, 0.717) is 5.69 Å². The molecule has 0 aliphatic heterocycles. The van der Waals surface area contributed by atoms with Crippen LogP contribution in [0.2, 0.25) is 0 Å². The van der Waals surface area contributed by atoms with E-state index in [1.807, 2.05) is 54.6 Å². The standard InChI is InChI=1S/C18H14N2O/c21-18(12-6-2-1-3-7-12)17-16-14(10-11-19-17)13-8-4-5-9-15(13)20-16/h1-11,18,20-21H. The Bertz CT molecular complexity index is 912. The van der Waals surface area contributed by atoms with Gasteiger partial charge in [-0.25, -0.2) is 0 Å². The van der Waals surface area contributed by atoms with Gasteiger partial charge < -0.3 is 10.1 Å². The van der Waals surface area contributed by atoms with Crippen molar-refractivity contribution in [1.29, 1.82) is 0 Å². The molecule has 1 atom stereocenters. The minimum absolute atomic E-state index is 0.662. The van der Waals surface area contributed by atoms with Crippen molar-refractivity contribution in [2.45, 2.75) is 6.10 Å². The third-order valence-corrected chi connectivity index (χ3v) is 3.83. The molecule has 2 N–H and O–H groups in total. The van der Waals surface area contributed by atoms with Gasteiger partial charge in [-0.3, -0.25) is 4.98 Å². The molecule has 0 radical (unpaired) electrons. The average molecular weight is 274 g/mol. The van der Waals surface area contributed by atoms with Crippen molar-refractivity contribution in [1.82, 2.24) is 9.97 Å². The lowest BCUT2D eigenvalue weighted by atomic mass is 10.0. The van der Waals surface area contributed by atoms with E-state index in [1.54, 1.807) is 6.20 Å². The Hall–Kier alpha value is -2.65. The Morgan fingerprint density at radius 1 is 0.857 bits per heavy atom. The van der Waals surface area contributed by atoms with E-state index in [4.69, 9.17) is 0 Å². The highest BCUT2D eigenvalue weighted by Crippen LogP contribution is 2.31. The van der Waals surface area contributed by atoms with Crippen LogP contribution in [0.25, 0.3) is 21.8 Å². The number of rotatable bonds is 2. The Balaban J connectivity index is 1.97. The number of pyridine rings is 1. The fraction of sp³-hybridized carbons (Fsp3) is 0.0556. The molecule has 3 nitrogen and oxygen atoms in total. The van der Waals surface area contributed by atoms with E-state index in [1.165, 1.54) is 0 Å². The molecule has 0 saturated carbocycles. The Labute approximate surface area is 121 Å². The number of aromatic amines is 1. The number of H-pyrrole nitrogens is 1. The minimum Gasteiger partial charge on any atom is -0.382 e. The van der Waals surface area contributed by atoms with E-state index >= 15 is 0 Å². The first-order chi connectivity index (χ1) is 10.3. The third-order valence-electron chi connectivity index (χ3n) is 3.83. The van der Waals surface area contributed by atoms with Crippen LogP contribution in [0, 0.1) is 0 Å². The summed E-state index contributed by atoms with van der Waals surface area (Å²) in [5.74, 6) is 0. The highest BCUT2D eigenvalue weighted by molar-refractivity contribution is 6.07. The summed E-state index contributed by atoms with van der Waals surface area (Å²) in [5, 5.41) is 12.9. The van der Waals surface area contributed by atoms with Crippen molar-refractivity contribution < 1.29 is 5.11 Å². The lowest BCUT2D eigenvalue weighted by Gasteiger charge is -2.11. The van der Waals surface area contributed by atoms with Crippen molar-refractivity contribution >= 4 is 21.8 Å². The summed E-state index contributed by atoms with van der Waals surface area (Å²) in [6.45, 7) is 0. The molecule has 3 heteroatoms. The van der Waals surface area contributed by atoms with E-state index in [-0.39, 0.29) is 0 Å². The zero-order valence-electron chi connectivity index (χ0n) is 11.3. The monoisotopic (exact) mass is 274 g/mol. The predicted octanol–water partition coefficient (Wildman–Crippen LogP) is 3.80. The maximum Gasteiger partial charge on any atom is 0.123 e. The van der Waals surface area contributed by atoms with Crippen LogP contribution < -0.4 is 0 Å². The molecule has 1 unspecified atom stereocenters. The van der Waals surface area contributed by atoms with Crippen LogP contribution >= 0.6 is 0 Å². The molecule has 2 heterocycles. The Morgan fingerprint density at radius 2 is 1.62 bits per heavy atom. The number of aliphatic hydroxyl groups is 1. The molecule has 0 amide bonds. The van der Waals surface area contributed by atoms with Gasteiger partial charge in [0.1, 0.15) is 6.10 Å². The van der Waals surface area contributed by atoms with Crippen LogP contribution in [-0.4, -0.2) is 15.1 Å². The van der Waals surface area contributed by atoms with E-state index < -0.39 is 6.10 Å². The van der Waals surface area contributed by atoms with Crippen LogP contribution in [-0.2, 0) is 0 Å². The molecule has 0 fully saturated rings. The molecule has 102 valence electrons. The first-order valence-electron chi connectivity index (χ1n) is 6.93. The van der Waals surface area contributed by atoms with Crippen molar-refractivity contribution in [2.75, 3.05) is 0 Å². The fourth-order valence-corrected chi connectivity index (χ4v) is 2.80. The molecule has 0 saturated heterocycles. The molecule has 0 aliphatic rings. The zero-order chi connectivity index (χ0) is 14.2. The van der Waals surface area contributed by atoms with Crippen LogP contribution in [0.15, 0.2) is 66.9 Å². The smallest absolute Gasteiger partial charge is 0.123 e. The van der Waals surface area contributed by atoms with E-state index in [0.717, 1.165) is 27.4 Å². The number of hydrogen-bond acceptors (Lipinski definition) is 2. The summed E-state index contributed by atoms with van der Waals surface area (Å²) >= 11 is 0. The number of para-hydroxylation sites is 1. The van der Waals surface area contributed by atoms with Crippen molar-refractivity contribution in [3.63, 3.8) is 0 Å². The molecular formula is C18H14N2O. The summed E-state index contributed by atoms with van der Waals surface area (Å²) in [6, 6.07) is 19.7. The summed E-state index contributed by atoms with van der Waals surface area (Å²) in [5.41, 5.74) is 3.46. The number of benzene rings is 2. The molecule has 21 heavy (non-hydrogen) atoms. The SMILES string of the molecule is OC(c1ccccc1)c1nccc2c1[nH]c1ccccc12. The topological polar surface area (TPSA) is 48.9 Å². The second-order valence-corrected chi connectivity index (χ2v) is 5.10. The molecule has 2 aromatic heterocycles. The molecular weight excluding hydrogens is 260 g/mol. The summed E-state index contributed by atoms with van der Waals surface area (Å²) in [7, 11) is 0. The number of fused-ring (bicyclic) bond motifs is 3. The van der Waals surface area contributed by atoms with Gasteiger partial charge in [0, 0.05) is 22.5 Å². The minimum atomic E-state index is -0.733. The van der Waals surface area contributed by atoms with Gasteiger partial charge in [0.25, 0.3) is 0 Å². The van der Waals surface area contributed by atoms with Gasteiger partial charge in [-0.1, -0.05) is 48.5 Å². The van der Waals surface area contributed by atoms with Gasteiger partial charge in [-0.05, 0) is 17.7 Å². The Morgan fingerprint density at radius 3 is 2.48 bits per heavy atom. The summed E-state index contributed by atoms with van der Waals surface area (Å²) in [6.07, 6.45) is 1.02. The first kappa shape index (κ1) is 12.1. The lowest BCUT2D eigenvalue weighted by Crippen LogP contribution is -2.02. The van der Waals surface area contributed by atoms with Gasteiger partial charge in [0.05, 0.1) is 11.2 Å². The van der Waals surface area contributed by atoms with Crippen LogP contribution in [0.1, 0.15) is 17.4 Å².